The molecular formula is C20H21FN2O4. The first-order valence-corrected chi connectivity index (χ1v) is 8.37. The van der Waals surface area contributed by atoms with Crippen LogP contribution in [0.3, 0.4) is 0 Å². The lowest BCUT2D eigenvalue weighted by atomic mass is 10.1. The summed E-state index contributed by atoms with van der Waals surface area (Å²) in [4.78, 5) is 35.9. The first kappa shape index (κ1) is 20.1. The molecule has 2 amide bonds. The fourth-order valence-corrected chi connectivity index (χ4v) is 2.24. The van der Waals surface area contributed by atoms with E-state index in [1.165, 1.54) is 25.1 Å². The van der Waals surface area contributed by atoms with Crippen LogP contribution in [0.5, 0.6) is 0 Å². The topological polar surface area (TPSA) is 84.5 Å². The number of aryl methyl sites for hydroxylation is 2. The van der Waals surface area contributed by atoms with Crippen LogP contribution in [-0.4, -0.2) is 30.4 Å². The molecule has 0 heterocycles. The molecule has 1 unspecified atom stereocenters. The maximum Gasteiger partial charge on any atom is 0.326 e. The van der Waals surface area contributed by atoms with Gasteiger partial charge in [-0.1, -0.05) is 12.1 Å². The molecule has 1 atom stereocenters. The Morgan fingerprint density at radius 3 is 2.48 bits per heavy atom. The van der Waals surface area contributed by atoms with Crippen LogP contribution < -0.4 is 10.6 Å². The van der Waals surface area contributed by atoms with Crippen LogP contribution in [0.1, 0.15) is 28.4 Å². The Hall–Kier alpha value is -3.22. The molecule has 2 rings (SSSR count). The van der Waals surface area contributed by atoms with E-state index in [0.717, 1.165) is 17.2 Å². The largest absolute Gasteiger partial charge is 0.451 e. The van der Waals surface area contributed by atoms with E-state index in [2.05, 4.69) is 10.6 Å². The molecule has 2 N–H and O–H groups in total. The summed E-state index contributed by atoms with van der Waals surface area (Å²) in [5, 5.41) is 4.90. The molecule has 0 aromatic heterocycles. The van der Waals surface area contributed by atoms with Gasteiger partial charge in [-0.3, -0.25) is 14.4 Å². The van der Waals surface area contributed by atoms with Crippen molar-refractivity contribution in [3.63, 3.8) is 0 Å². The van der Waals surface area contributed by atoms with Gasteiger partial charge in [-0.15, -0.1) is 0 Å². The van der Waals surface area contributed by atoms with Crippen molar-refractivity contribution in [3.8, 4) is 0 Å². The number of hydrogen-bond donors (Lipinski definition) is 2. The Balaban J connectivity index is 1.82. The molecule has 0 aliphatic carbocycles. The first-order valence-electron chi connectivity index (χ1n) is 8.37. The molecule has 0 saturated heterocycles. The van der Waals surface area contributed by atoms with Gasteiger partial charge in [-0.25, -0.2) is 4.39 Å². The van der Waals surface area contributed by atoms with Crippen molar-refractivity contribution in [2.24, 2.45) is 0 Å². The lowest BCUT2D eigenvalue weighted by molar-refractivity contribution is -0.152. The molecule has 7 heteroatoms. The van der Waals surface area contributed by atoms with Crippen molar-refractivity contribution in [3.05, 3.63) is 65.0 Å². The van der Waals surface area contributed by atoms with E-state index in [1.54, 1.807) is 12.1 Å². The van der Waals surface area contributed by atoms with E-state index in [4.69, 9.17) is 4.74 Å². The fourth-order valence-electron chi connectivity index (χ4n) is 2.24. The van der Waals surface area contributed by atoms with Crippen LogP contribution in [0.15, 0.2) is 42.5 Å². The van der Waals surface area contributed by atoms with E-state index >= 15 is 0 Å². The minimum Gasteiger partial charge on any atom is -0.451 e. The number of hydrogen-bond acceptors (Lipinski definition) is 4. The standard InChI is InChI=1S/C20H21FN2O4/c1-12-7-8-15(9-13(12)2)20(26)22-11-18(24)27-14(3)19(25)23-17-6-4-5-16(21)10-17/h4-10,14H,11H2,1-3H3,(H,22,26)(H,23,25). The highest BCUT2D eigenvalue weighted by Crippen LogP contribution is 2.11. The van der Waals surface area contributed by atoms with Crippen LogP contribution >= 0.6 is 0 Å². The molecule has 142 valence electrons. The van der Waals surface area contributed by atoms with Crippen LogP contribution in [0, 0.1) is 19.7 Å². The lowest BCUT2D eigenvalue weighted by Crippen LogP contribution is -2.35. The second-order valence-electron chi connectivity index (χ2n) is 6.11. The average Bonchev–Trinajstić information content (AvgIpc) is 2.62. The van der Waals surface area contributed by atoms with Gasteiger partial charge in [-0.2, -0.15) is 0 Å². The lowest BCUT2D eigenvalue weighted by Gasteiger charge is -2.14. The number of rotatable bonds is 6. The van der Waals surface area contributed by atoms with Crippen molar-refractivity contribution < 1.29 is 23.5 Å². The number of carbonyl (C=O) groups excluding carboxylic acids is 3. The smallest absolute Gasteiger partial charge is 0.326 e. The van der Waals surface area contributed by atoms with Crippen molar-refractivity contribution in [2.45, 2.75) is 26.9 Å². The molecule has 0 aliphatic rings. The maximum atomic E-state index is 13.1. The van der Waals surface area contributed by atoms with Gasteiger partial charge in [0.25, 0.3) is 11.8 Å². The van der Waals surface area contributed by atoms with Crippen LogP contribution in [-0.2, 0) is 14.3 Å². The van der Waals surface area contributed by atoms with Gasteiger partial charge < -0.3 is 15.4 Å². The van der Waals surface area contributed by atoms with Crippen LogP contribution in [0.4, 0.5) is 10.1 Å². The third-order valence-corrected chi connectivity index (χ3v) is 3.93. The van der Waals surface area contributed by atoms with Gasteiger partial charge in [0.2, 0.25) is 0 Å². The summed E-state index contributed by atoms with van der Waals surface area (Å²) in [5.74, 6) is -2.26. The number of ether oxygens (including phenoxy) is 1. The Bertz CT molecular complexity index is 867. The van der Waals surface area contributed by atoms with Gasteiger partial charge in [0.15, 0.2) is 6.10 Å². The minimum absolute atomic E-state index is 0.256. The molecule has 6 nitrogen and oxygen atoms in total. The molecule has 0 aliphatic heterocycles. The molecular weight excluding hydrogens is 351 g/mol. The second-order valence-corrected chi connectivity index (χ2v) is 6.11. The summed E-state index contributed by atoms with van der Waals surface area (Å²) < 4.78 is 18.1. The quantitative estimate of drug-likeness (QED) is 0.764. The molecule has 0 bridgehead atoms. The Kier molecular flexibility index (Phi) is 6.65. The number of amides is 2. The predicted molar refractivity (Wildman–Crippen MR) is 98.8 cm³/mol. The fraction of sp³-hybridized carbons (Fsp3) is 0.250. The Labute approximate surface area is 156 Å². The number of halogens is 1. The summed E-state index contributed by atoms with van der Waals surface area (Å²) in [5.41, 5.74) is 2.71. The van der Waals surface area contributed by atoms with E-state index < -0.39 is 29.7 Å². The zero-order valence-corrected chi connectivity index (χ0v) is 15.3. The number of esters is 1. The van der Waals surface area contributed by atoms with Crippen LogP contribution in [0.25, 0.3) is 0 Å². The van der Waals surface area contributed by atoms with Crippen molar-refractivity contribution >= 4 is 23.5 Å². The van der Waals surface area contributed by atoms with Gasteiger partial charge in [0, 0.05) is 11.3 Å². The first-order chi connectivity index (χ1) is 12.8. The van der Waals surface area contributed by atoms with E-state index in [-0.39, 0.29) is 12.2 Å². The molecule has 0 fully saturated rings. The van der Waals surface area contributed by atoms with Gasteiger partial charge in [0.1, 0.15) is 12.4 Å². The SMILES string of the molecule is Cc1ccc(C(=O)NCC(=O)OC(C)C(=O)Nc2cccc(F)c2)cc1C. The highest BCUT2D eigenvalue weighted by Gasteiger charge is 2.19. The van der Waals surface area contributed by atoms with Crippen molar-refractivity contribution in [1.29, 1.82) is 0 Å². The summed E-state index contributed by atoms with van der Waals surface area (Å²) in [7, 11) is 0. The zero-order chi connectivity index (χ0) is 20.0. The normalized spacial score (nSPS) is 11.4. The van der Waals surface area contributed by atoms with Gasteiger partial charge in [-0.05, 0) is 62.2 Å². The zero-order valence-electron chi connectivity index (χ0n) is 15.3. The number of benzene rings is 2. The molecule has 0 radical (unpaired) electrons. The summed E-state index contributed by atoms with van der Waals surface area (Å²) in [6.45, 7) is 4.84. The average molecular weight is 372 g/mol. The summed E-state index contributed by atoms with van der Waals surface area (Å²) in [6.07, 6.45) is -1.10. The predicted octanol–water partition coefficient (Wildman–Crippen LogP) is 2.74. The van der Waals surface area contributed by atoms with Crippen molar-refractivity contribution in [2.75, 3.05) is 11.9 Å². The number of carbonyl (C=O) groups is 3. The highest BCUT2D eigenvalue weighted by atomic mass is 19.1. The molecule has 27 heavy (non-hydrogen) atoms. The van der Waals surface area contributed by atoms with Crippen LogP contribution in [0.2, 0.25) is 0 Å². The summed E-state index contributed by atoms with van der Waals surface area (Å²) >= 11 is 0. The number of nitrogens with one attached hydrogen (secondary N) is 2. The Morgan fingerprint density at radius 1 is 1.07 bits per heavy atom. The van der Waals surface area contributed by atoms with Gasteiger partial charge in [0.05, 0.1) is 0 Å². The minimum atomic E-state index is -1.10. The molecule has 2 aromatic rings. The second kappa shape index (κ2) is 8.93. The number of anilines is 1. The third-order valence-electron chi connectivity index (χ3n) is 3.93. The van der Waals surface area contributed by atoms with Gasteiger partial charge >= 0.3 is 5.97 Å². The maximum absolute atomic E-state index is 13.1. The summed E-state index contributed by atoms with van der Waals surface area (Å²) in [6, 6.07) is 10.6. The van der Waals surface area contributed by atoms with E-state index in [9.17, 15) is 18.8 Å². The third kappa shape index (κ3) is 5.91. The highest BCUT2D eigenvalue weighted by molar-refractivity contribution is 5.97. The van der Waals surface area contributed by atoms with Crippen molar-refractivity contribution in [1.82, 2.24) is 5.32 Å². The van der Waals surface area contributed by atoms with E-state index in [1.807, 2.05) is 19.9 Å². The molecule has 0 saturated carbocycles. The Morgan fingerprint density at radius 2 is 1.81 bits per heavy atom. The molecule has 2 aromatic carbocycles. The monoisotopic (exact) mass is 372 g/mol. The molecule has 0 spiro atoms. The van der Waals surface area contributed by atoms with E-state index in [0.29, 0.717) is 5.56 Å².